The second-order valence-corrected chi connectivity index (χ2v) is 4.55. The Morgan fingerprint density at radius 1 is 1.21 bits per heavy atom. The van der Waals surface area contributed by atoms with Crippen LogP contribution < -0.4 is 0 Å². The lowest BCUT2D eigenvalue weighted by atomic mass is 9.92. The van der Waals surface area contributed by atoms with Gasteiger partial charge in [0.15, 0.2) is 0 Å². The number of hydrogen-bond donors (Lipinski definition) is 1. The van der Waals surface area contributed by atoms with Crippen LogP contribution in [0.1, 0.15) is 28.4 Å². The molecule has 0 radical (unpaired) electrons. The molecule has 1 unspecified atom stereocenters. The van der Waals surface area contributed by atoms with Gasteiger partial charge in [-0.05, 0) is 31.4 Å². The monoisotopic (exact) mass is 256 g/mol. The number of carboxylic acid groups (broad SMARTS) is 1. The van der Waals surface area contributed by atoms with Gasteiger partial charge in [-0.25, -0.2) is 0 Å². The Bertz CT molecular complexity index is 596. The molecule has 98 valence electrons. The van der Waals surface area contributed by atoms with Gasteiger partial charge in [0.25, 0.3) is 0 Å². The molecule has 19 heavy (non-hydrogen) atoms. The van der Waals surface area contributed by atoms with Crippen LogP contribution in [0, 0.1) is 13.8 Å². The largest absolute Gasteiger partial charge is 0.481 e. The zero-order valence-electron chi connectivity index (χ0n) is 11.0. The zero-order valence-corrected chi connectivity index (χ0v) is 11.0. The van der Waals surface area contributed by atoms with Crippen molar-refractivity contribution in [1.29, 1.82) is 0 Å². The number of aryl methyl sites for hydroxylation is 2. The number of hydrogen-bond acceptors (Lipinski definition) is 3. The Morgan fingerprint density at radius 2 is 1.89 bits per heavy atom. The first-order valence-electron chi connectivity index (χ1n) is 6.14. The second kappa shape index (κ2) is 5.61. The molecule has 1 aromatic heterocycles. The number of nitrogens with zero attached hydrogens (tertiary/aromatic N) is 2. The van der Waals surface area contributed by atoms with Gasteiger partial charge in [0, 0.05) is 12.4 Å². The summed E-state index contributed by atoms with van der Waals surface area (Å²) in [6, 6.07) is 7.81. The Balaban J connectivity index is 2.35. The molecule has 0 saturated heterocycles. The summed E-state index contributed by atoms with van der Waals surface area (Å²) in [5.74, 6) is -1.53. The van der Waals surface area contributed by atoms with Crippen molar-refractivity contribution in [2.24, 2.45) is 0 Å². The summed E-state index contributed by atoms with van der Waals surface area (Å²) in [5.41, 5.74) is 3.33. The van der Waals surface area contributed by atoms with Crippen LogP contribution in [-0.2, 0) is 11.2 Å². The molecular formula is C15H16N2O2. The molecule has 0 aliphatic heterocycles. The van der Waals surface area contributed by atoms with Gasteiger partial charge < -0.3 is 5.11 Å². The molecule has 1 heterocycles. The number of aromatic nitrogens is 2. The molecule has 0 spiro atoms. The summed E-state index contributed by atoms with van der Waals surface area (Å²) in [7, 11) is 0. The minimum Gasteiger partial charge on any atom is -0.481 e. The van der Waals surface area contributed by atoms with E-state index >= 15 is 0 Å². The van der Waals surface area contributed by atoms with Crippen LogP contribution in [0.4, 0.5) is 0 Å². The maximum Gasteiger partial charge on any atom is 0.313 e. The van der Waals surface area contributed by atoms with Gasteiger partial charge in [0.1, 0.15) is 5.92 Å². The third kappa shape index (κ3) is 2.96. The molecule has 1 aromatic carbocycles. The summed E-state index contributed by atoms with van der Waals surface area (Å²) in [6.45, 7) is 3.77. The molecule has 4 heteroatoms. The normalized spacial score (nSPS) is 12.1. The van der Waals surface area contributed by atoms with Crippen molar-refractivity contribution in [1.82, 2.24) is 9.97 Å². The fraction of sp³-hybridized carbons (Fsp3) is 0.267. The summed E-state index contributed by atoms with van der Waals surface area (Å²) >= 11 is 0. The summed E-state index contributed by atoms with van der Waals surface area (Å²) in [6.07, 6.45) is 3.54. The fourth-order valence-electron chi connectivity index (χ4n) is 2.12. The van der Waals surface area contributed by atoms with Gasteiger partial charge in [0.2, 0.25) is 0 Å². The van der Waals surface area contributed by atoms with Crippen LogP contribution in [0.25, 0.3) is 0 Å². The van der Waals surface area contributed by atoms with E-state index in [4.69, 9.17) is 0 Å². The highest BCUT2D eigenvalue weighted by Gasteiger charge is 2.24. The van der Waals surface area contributed by atoms with E-state index in [-0.39, 0.29) is 0 Å². The lowest BCUT2D eigenvalue weighted by molar-refractivity contribution is -0.138. The summed E-state index contributed by atoms with van der Waals surface area (Å²) < 4.78 is 0. The molecule has 0 fully saturated rings. The lowest BCUT2D eigenvalue weighted by Gasteiger charge is -2.14. The summed E-state index contributed by atoms with van der Waals surface area (Å²) in [5, 5.41) is 9.44. The van der Waals surface area contributed by atoms with Crippen molar-refractivity contribution in [2.45, 2.75) is 26.2 Å². The average molecular weight is 256 g/mol. The molecule has 0 aliphatic rings. The number of carboxylic acids is 1. The molecule has 0 saturated carbocycles. The Kier molecular flexibility index (Phi) is 3.90. The highest BCUT2D eigenvalue weighted by molar-refractivity contribution is 5.76. The highest BCUT2D eigenvalue weighted by atomic mass is 16.4. The number of carbonyl (C=O) groups is 1. The van der Waals surface area contributed by atoms with E-state index in [1.165, 1.54) is 6.20 Å². The molecule has 1 atom stereocenters. The van der Waals surface area contributed by atoms with Crippen LogP contribution >= 0.6 is 0 Å². The van der Waals surface area contributed by atoms with E-state index < -0.39 is 11.9 Å². The third-order valence-corrected chi connectivity index (χ3v) is 3.23. The molecule has 1 N–H and O–H groups in total. The SMILES string of the molecule is Cc1ccccc1CC(C(=O)O)c1nccnc1C. The van der Waals surface area contributed by atoms with E-state index in [1.807, 2.05) is 31.2 Å². The van der Waals surface area contributed by atoms with Crippen molar-refractivity contribution in [3.63, 3.8) is 0 Å². The second-order valence-electron chi connectivity index (χ2n) is 4.55. The van der Waals surface area contributed by atoms with Crippen LogP contribution in [0.5, 0.6) is 0 Å². The van der Waals surface area contributed by atoms with Gasteiger partial charge >= 0.3 is 5.97 Å². The quantitative estimate of drug-likeness (QED) is 0.913. The van der Waals surface area contributed by atoms with Crippen molar-refractivity contribution < 1.29 is 9.90 Å². The third-order valence-electron chi connectivity index (χ3n) is 3.23. The molecule has 2 rings (SSSR count). The molecular weight excluding hydrogens is 240 g/mol. The minimum atomic E-state index is -0.869. The van der Waals surface area contributed by atoms with Crippen molar-refractivity contribution in [3.8, 4) is 0 Å². The first-order valence-corrected chi connectivity index (χ1v) is 6.14. The standard InChI is InChI=1S/C15H16N2O2/c1-10-5-3-4-6-12(10)9-13(15(18)19)14-11(2)16-7-8-17-14/h3-8,13H,9H2,1-2H3,(H,18,19). The van der Waals surface area contributed by atoms with E-state index in [2.05, 4.69) is 9.97 Å². The predicted octanol–water partition coefficient (Wildman–Crippen LogP) is 2.50. The smallest absolute Gasteiger partial charge is 0.313 e. The molecule has 2 aromatic rings. The number of rotatable bonds is 4. The average Bonchev–Trinajstić information content (AvgIpc) is 2.38. The van der Waals surface area contributed by atoms with Crippen LogP contribution in [-0.4, -0.2) is 21.0 Å². The topological polar surface area (TPSA) is 63.1 Å². The van der Waals surface area contributed by atoms with Crippen LogP contribution in [0.2, 0.25) is 0 Å². The molecule has 0 bridgehead atoms. The number of benzene rings is 1. The zero-order chi connectivity index (χ0) is 13.8. The predicted molar refractivity (Wildman–Crippen MR) is 72.0 cm³/mol. The van der Waals surface area contributed by atoms with Gasteiger partial charge in [-0.2, -0.15) is 0 Å². The first-order chi connectivity index (χ1) is 9.09. The number of aliphatic carboxylic acids is 1. The van der Waals surface area contributed by atoms with Crippen molar-refractivity contribution in [3.05, 3.63) is 59.2 Å². The Labute approximate surface area is 112 Å². The van der Waals surface area contributed by atoms with Crippen molar-refractivity contribution >= 4 is 5.97 Å². The molecule has 0 aliphatic carbocycles. The van der Waals surface area contributed by atoms with E-state index in [0.29, 0.717) is 17.8 Å². The van der Waals surface area contributed by atoms with E-state index in [1.54, 1.807) is 13.1 Å². The maximum atomic E-state index is 11.5. The van der Waals surface area contributed by atoms with Gasteiger partial charge in [-0.1, -0.05) is 24.3 Å². The highest BCUT2D eigenvalue weighted by Crippen LogP contribution is 2.23. The molecule has 4 nitrogen and oxygen atoms in total. The molecule has 0 amide bonds. The van der Waals surface area contributed by atoms with Crippen molar-refractivity contribution in [2.75, 3.05) is 0 Å². The minimum absolute atomic E-state index is 0.432. The van der Waals surface area contributed by atoms with E-state index in [0.717, 1.165) is 11.1 Å². The van der Waals surface area contributed by atoms with E-state index in [9.17, 15) is 9.90 Å². The lowest BCUT2D eigenvalue weighted by Crippen LogP contribution is -2.18. The van der Waals surface area contributed by atoms with Crippen LogP contribution in [0.3, 0.4) is 0 Å². The van der Waals surface area contributed by atoms with Gasteiger partial charge in [-0.3, -0.25) is 14.8 Å². The fourth-order valence-corrected chi connectivity index (χ4v) is 2.12. The van der Waals surface area contributed by atoms with Gasteiger partial charge in [-0.15, -0.1) is 0 Å². The first kappa shape index (κ1) is 13.2. The van der Waals surface area contributed by atoms with Crippen LogP contribution in [0.15, 0.2) is 36.7 Å². The summed E-state index contributed by atoms with van der Waals surface area (Å²) in [4.78, 5) is 19.8. The Hall–Kier alpha value is -2.23. The Morgan fingerprint density at radius 3 is 2.53 bits per heavy atom. The van der Waals surface area contributed by atoms with Gasteiger partial charge in [0.05, 0.1) is 11.4 Å². The maximum absolute atomic E-state index is 11.5.